The number of ether oxygens (including phenoxy) is 1. The van der Waals surface area contributed by atoms with E-state index in [2.05, 4.69) is 4.99 Å². The quantitative estimate of drug-likeness (QED) is 0.675. The minimum absolute atomic E-state index is 0.523. The predicted octanol–water partition coefficient (Wildman–Crippen LogP) is 1.06. The molecule has 1 atom stereocenters. The van der Waals surface area contributed by atoms with Crippen LogP contribution >= 0.6 is 0 Å². The van der Waals surface area contributed by atoms with Crippen LogP contribution in [0.15, 0.2) is 4.99 Å². The van der Waals surface area contributed by atoms with E-state index in [9.17, 15) is 4.79 Å². The minimum Gasteiger partial charge on any atom is -0.484 e. The Morgan fingerprint density at radius 1 is 1.83 bits per heavy atom. The number of aliphatic imine (C=N–C) groups is 1. The highest BCUT2D eigenvalue weighted by atomic mass is 16.5. The van der Waals surface area contributed by atoms with E-state index in [1.165, 1.54) is 7.11 Å². The van der Waals surface area contributed by atoms with Crippen molar-refractivity contribution in [2.45, 2.75) is 31.7 Å². The Bertz CT molecular complexity index is 224. The highest BCUT2D eigenvalue weighted by Crippen LogP contribution is 2.29. The lowest BCUT2D eigenvalue weighted by molar-refractivity contribution is -0.143. The largest absolute Gasteiger partial charge is 0.484 e. The number of hydrogen-bond donors (Lipinski definition) is 1. The average molecular weight is 171 g/mol. The number of carbonyl (C=O) groups is 1. The molecule has 4 nitrogen and oxygen atoms in total. The van der Waals surface area contributed by atoms with E-state index in [0.29, 0.717) is 25.2 Å². The zero-order valence-electron chi connectivity index (χ0n) is 7.33. The molecule has 1 aliphatic rings. The van der Waals surface area contributed by atoms with Crippen LogP contribution in [0.4, 0.5) is 0 Å². The highest BCUT2D eigenvalue weighted by molar-refractivity contribution is 5.88. The summed E-state index contributed by atoms with van der Waals surface area (Å²) in [5.41, 5.74) is -0.911. The van der Waals surface area contributed by atoms with Crippen LogP contribution in [0.5, 0.6) is 0 Å². The smallest absolute Gasteiger partial charge is 0.331 e. The molecule has 0 aromatic rings. The third kappa shape index (κ3) is 1.29. The first-order chi connectivity index (χ1) is 5.64. The fourth-order valence-electron chi connectivity index (χ4n) is 1.37. The Balaban J connectivity index is 2.85. The average Bonchev–Trinajstić information content (AvgIpc) is 2.48. The molecule has 1 aliphatic heterocycles. The first-order valence-corrected chi connectivity index (χ1v) is 4.01. The van der Waals surface area contributed by atoms with Crippen molar-refractivity contribution in [3.63, 3.8) is 0 Å². The molecule has 4 heteroatoms. The number of hydrogen-bond acceptors (Lipinski definition) is 3. The van der Waals surface area contributed by atoms with Gasteiger partial charge in [0.2, 0.25) is 0 Å². The van der Waals surface area contributed by atoms with E-state index in [-0.39, 0.29) is 0 Å². The van der Waals surface area contributed by atoms with Gasteiger partial charge in [-0.25, -0.2) is 9.79 Å². The number of methoxy groups -OCH3 is 1. The number of nitrogens with zero attached hydrogens (tertiary/aromatic N) is 1. The highest BCUT2D eigenvalue weighted by Gasteiger charge is 2.41. The standard InChI is InChI=1S/C8H13NO3/c1-3-8(7(10)11)5-4-6(9-8)12-2/h3-5H2,1-2H3,(H,10,11)/t8-/m0/s1. The van der Waals surface area contributed by atoms with Gasteiger partial charge in [0.15, 0.2) is 11.4 Å². The van der Waals surface area contributed by atoms with Crippen LogP contribution in [0.1, 0.15) is 26.2 Å². The van der Waals surface area contributed by atoms with E-state index in [0.717, 1.165) is 0 Å². The molecule has 68 valence electrons. The normalized spacial score (nSPS) is 28.3. The second-order valence-corrected chi connectivity index (χ2v) is 2.90. The van der Waals surface area contributed by atoms with E-state index in [1.54, 1.807) is 0 Å². The van der Waals surface area contributed by atoms with Crippen LogP contribution < -0.4 is 0 Å². The molecule has 0 spiro atoms. The molecule has 0 amide bonds. The molecule has 0 radical (unpaired) electrons. The van der Waals surface area contributed by atoms with Crippen LogP contribution in [0.25, 0.3) is 0 Å². The maximum atomic E-state index is 10.9. The summed E-state index contributed by atoms with van der Waals surface area (Å²) in [6.07, 6.45) is 1.72. The van der Waals surface area contributed by atoms with Crippen molar-refractivity contribution >= 4 is 11.9 Å². The lowest BCUT2D eigenvalue weighted by atomic mass is 9.94. The van der Waals surface area contributed by atoms with Crippen molar-refractivity contribution < 1.29 is 14.6 Å². The number of rotatable bonds is 2. The molecule has 1 N–H and O–H groups in total. The predicted molar refractivity (Wildman–Crippen MR) is 44.3 cm³/mol. The zero-order valence-corrected chi connectivity index (χ0v) is 7.33. The van der Waals surface area contributed by atoms with Crippen molar-refractivity contribution in [2.75, 3.05) is 7.11 Å². The van der Waals surface area contributed by atoms with Gasteiger partial charge in [-0.15, -0.1) is 0 Å². The molecule has 0 unspecified atom stereocenters. The summed E-state index contributed by atoms with van der Waals surface area (Å²) in [5, 5.41) is 8.91. The van der Waals surface area contributed by atoms with Gasteiger partial charge in [-0.3, -0.25) is 0 Å². The fraction of sp³-hybridized carbons (Fsp3) is 0.750. The lowest BCUT2D eigenvalue weighted by Crippen LogP contribution is -2.33. The van der Waals surface area contributed by atoms with Gasteiger partial charge in [-0.05, 0) is 12.8 Å². The molecule has 0 saturated carbocycles. The topological polar surface area (TPSA) is 58.9 Å². The van der Waals surface area contributed by atoms with Gasteiger partial charge in [0.05, 0.1) is 7.11 Å². The molecular weight excluding hydrogens is 158 g/mol. The molecule has 0 aliphatic carbocycles. The van der Waals surface area contributed by atoms with Crippen molar-refractivity contribution in [3.8, 4) is 0 Å². The van der Waals surface area contributed by atoms with Gasteiger partial charge in [-0.1, -0.05) is 6.92 Å². The van der Waals surface area contributed by atoms with Gasteiger partial charge in [0.1, 0.15) is 0 Å². The van der Waals surface area contributed by atoms with Crippen LogP contribution in [0.2, 0.25) is 0 Å². The summed E-state index contributed by atoms with van der Waals surface area (Å²) in [7, 11) is 1.52. The zero-order chi connectivity index (χ0) is 9.19. The van der Waals surface area contributed by atoms with Crippen LogP contribution in [-0.2, 0) is 9.53 Å². The first-order valence-electron chi connectivity index (χ1n) is 4.01. The first kappa shape index (κ1) is 9.03. The van der Waals surface area contributed by atoms with Gasteiger partial charge in [0.25, 0.3) is 0 Å². The summed E-state index contributed by atoms with van der Waals surface area (Å²) >= 11 is 0. The third-order valence-corrected chi connectivity index (χ3v) is 2.31. The Hall–Kier alpha value is -1.06. The van der Waals surface area contributed by atoms with Crippen molar-refractivity contribution in [2.24, 2.45) is 4.99 Å². The van der Waals surface area contributed by atoms with E-state index >= 15 is 0 Å². The molecule has 0 aromatic heterocycles. The Morgan fingerprint density at radius 3 is 2.75 bits per heavy atom. The van der Waals surface area contributed by atoms with Gasteiger partial charge in [-0.2, -0.15) is 0 Å². The van der Waals surface area contributed by atoms with Crippen LogP contribution in [0.3, 0.4) is 0 Å². The second-order valence-electron chi connectivity index (χ2n) is 2.90. The van der Waals surface area contributed by atoms with Gasteiger partial charge >= 0.3 is 5.97 Å². The monoisotopic (exact) mass is 171 g/mol. The maximum Gasteiger partial charge on any atom is 0.331 e. The molecule has 0 saturated heterocycles. The molecule has 12 heavy (non-hydrogen) atoms. The molecule has 0 fully saturated rings. The molecule has 0 aromatic carbocycles. The van der Waals surface area contributed by atoms with E-state index in [1.807, 2.05) is 6.92 Å². The Labute approximate surface area is 71.3 Å². The Morgan fingerprint density at radius 2 is 2.50 bits per heavy atom. The number of carboxylic acids is 1. The van der Waals surface area contributed by atoms with Gasteiger partial charge < -0.3 is 9.84 Å². The van der Waals surface area contributed by atoms with Crippen LogP contribution in [-0.4, -0.2) is 29.6 Å². The SMILES string of the molecule is CC[C@@]1(C(=O)O)CCC(OC)=N1. The molecular formula is C8H13NO3. The second kappa shape index (κ2) is 3.13. The van der Waals surface area contributed by atoms with Crippen molar-refractivity contribution in [1.82, 2.24) is 0 Å². The molecule has 0 bridgehead atoms. The summed E-state index contributed by atoms with van der Waals surface area (Å²) in [5.74, 6) is -0.295. The minimum atomic E-state index is -0.911. The maximum absolute atomic E-state index is 10.9. The summed E-state index contributed by atoms with van der Waals surface area (Å²) < 4.78 is 4.91. The van der Waals surface area contributed by atoms with Gasteiger partial charge in [0, 0.05) is 6.42 Å². The van der Waals surface area contributed by atoms with Crippen molar-refractivity contribution in [3.05, 3.63) is 0 Å². The van der Waals surface area contributed by atoms with E-state index in [4.69, 9.17) is 9.84 Å². The number of carboxylic acid groups (broad SMARTS) is 1. The Kier molecular flexibility index (Phi) is 2.35. The molecule has 1 rings (SSSR count). The third-order valence-electron chi connectivity index (χ3n) is 2.31. The lowest BCUT2D eigenvalue weighted by Gasteiger charge is -2.16. The number of aliphatic carboxylic acids is 1. The molecule has 1 heterocycles. The summed E-state index contributed by atoms with van der Waals surface area (Å²) in [6, 6.07) is 0. The summed E-state index contributed by atoms with van der Waals surface area (Å²) in [4.78, 5) is 14.9. The van der Waals surface area contributed by atoms with Crippen LogP contribution in [0, 0.1) is 0 Å². The fourth-order valence-corrected chi connectivity index (χ4v) is 1.37. The summed E-state index contributed by atoms with van der Waals surface area (Å²) in [6.45, 7) is 1.83. The van der Waals surface area contributed by atoms with Crippen molar-refractivity contribution in [1.29, 1.82) is 0 Å². The van der Waals surface area contributed by atoms with E-state index < -0.39 is 11.5 Å².